The van der Waals surface area contributed by atoms with Crippen molar-refractivity contribution in [1.82, 2.24) is 9.13 Å². The number of aromatic nitrogens is 2. The molecule has 0 radical (unpaired) electrons. The molecule has 0 aliphatic carbocycles. The van der Waals surface area contributed by atoms with E-state index < -0.39 is 4.92 Å². The van der Waals surface area contributed by atoms with E-state index in [9.17, 15) is 15.4 Å². The minimum absolute atomic E-state index is 0.0138. The number of pyridine rings is 1. The summed E-state index contributed by atoms with van der Waals surface area (Å²) in [5, 5.41) is 21.7. The first-order valence-electron chi connectivity index (χ1n) is 8.27. The lowest BCUT2D eigenvalue weighted by Crippen LogP contribution is -2.23. The van der Waals surface area contributed by atoms with Crippen LogP contribution in [-0.4, -0.2) is 21.1 Å². The van der Waals surface area contributed by atoms with E-state index in [2.05, 4.69) is 11.1 Å². The number of rotatable bonds is 2. The quantitative estimate of drug-likeness (QED) is 0.406. The van der Waals surface area contributed by atoms with Crippen molar-refractivity contribution < 1.29 is 4.92 Å². The van der Waals surface area contributed by atoms with Gasteiger partial charge >= 0.3 is 0 Å². The fourth-order valence-corrected chi connectivity index (χ4v) is 3.50. The van der Waals surface area contributed by atoms with Crippen molar-refractivity contribution in [3.63, 3.8) is 0 Å². The zero-order chi connectivity index (χ0) is 19.1. The molecule has 0 aliphatic heterocycles. The third-order valence-corrected chi connectivity index (χ3v) is 4.73. The Kier molecular flexibility index (Phi) is 3.74. The maximum Gasteiger partial charge on any atom is 0.269 e. The maximum absolute atomic E-state index is 11.0. The number of para-hydroxylation sites is 1. The summed E-state index contributed by atoms with van der Waals surface area (Å²) in [4.78, 5) is 14.9. The molecular weight excluding hydrogens is 342 g/mol. The summed E-state index contributed by atoms with van der Waals surface area (Å²) < 4.78 is 3.92. The summed E-state index contributed by atoms with van der Waals surface area (Å²) in [7, 11) is 3.59. The number of fused-ring (bicyclic) bond motifs is 3. The third-order valence-electron chi connectivity index (χ3n) is 4.73. The van der Waals surface area contributed by atoms with E-state index in [4.69, 9.17) is 0 Å². The second-order valence-corrected chi connectivity index (χ2v) is 6.14. The van der Waals surface area contributed by atoms with E-state index in [-0.39, 0.29) is 5.69 Å². The number of hydrogen-bond acceptors (Lipinski definition) is 4. The summed E-state index contributed by atoms with van der Waals surface area (Å²) in [5.41, 5.74) is 4.49. The van der Waals surface area contributed by atoms with Crippen LogP contribution in [0.15, 0.2) is 59.6 Å². The lowest BCUT2D eigenvalue weighted by Gasteiger charge is -2.12. The highest BCUT2D eigenvalue weighted by atomic mass is 16.6. The summed E-state index contributed by atoms with van der Waals surface area (Å²) >= 11 is 0. The number of nitriles is 1. The number of nitro benzene ring substituents is 1. The second kappa shape index (κ2) is 6.11. The highest BCUT2D eigenvalue weighted by Gasteiger charge is 2.17. The van der Waals surface area contributed by atoms with E-state index in [1.54, 1.807) is 19.2 Å². The van der Waals surface area contributed by atoms with Gasteiger partial charge in [-0.25, -0.2) is 0 Å². The zero-order valence-corrected chi connectivity index (χ0v) is 14.7. The fraction of sp³-hybridized carbons (Fsp3) is 0.100. The number of nitrogens with zero attached hydrogens (tertiary/aromatic N) is 5. The molecule has 0 fully saturated rings. The average Bonchev–Trinajstić information content (AvgIpc) is 2.99. The van der Waals surface area contributed by atoms with Crippen LogP contribution in [0.3, 0.4) is 0 Å². The lowest BCUT2D eigenvalue weighted by atomic mass is 10.1. The van der Waals surface area contributed by atoms with Crippen molar-refractivity contribution in [3.05, 3.63) is 75.8 Å². The number of nitro groups is 1. The van der Waals surface area contributed by atoms with E-state index in [0.29, 0.717) is 16.7 Å². The molecule has 0 bridgehead atoms. The van der Waals surface area contributed by atoms with Gasteiger partial charge in [-0.2, -0.15) is 5.26 Å². The van der Waals surface area contributed by atoms with E-state index in [1.807, 2.05) is 46.5 Å². The van der Waals surface area contributed by atoms with Gasteiger partial charge in [0.05, 0.1) is 27.0 Å². The van der Waals surface area contributed by atoms with Crippen LogP contribution in [0, 0.1) is 21.4 Å². The summed E-state index contributed by atoms with van der Waals surface area (Å²) in [6.45, 7) is 0. The van der Waals surface area contributed by atoms with Gasteiger partial charge in [0, 0.05) is 37.3 Å². The summed E-state index contributed by atoms with van der Waals surface area (Å²) in [6, 6.07) is 18.3. The molecule has 0 saturated heterocycles. The first-order valence-corrected chi connectivity index (χ1v) is 8.27. The molecule has 4 rings (SSSR count). The number of non-ortho nitro benzene ring substituents is 1. The Bertz CT molecular complexity index is 1320. The highest BCUT2D eigenvalue weighted by Crippen LogP contribution is 2.29. The molecule has 7 heteroatoms. The van der Waals surface area contributed by atoms with Crippen molar-refractivity contribution in [2.75, 3.05) is 7.05 Å². The predicted octanol–water partition coefficient (Wildman–Crippen LogP) is 3.43. The summed E-state index contributed by atoms with van der Waals surface area (Å²) in [5.74, 6) is 0. The van der Waals surface area contributed by atoms with Crippen LogP contribution in [0.2, 0.25) is 0 Å². The third kappa shape index (κ3) is 2.39. The van der Waals surface area contributed by atoms with Crippen LogP contribution in [0.4, 0.5) is 5.69 Å². The first-order chi connectivity index (χ1) is 13.1. The minimum Gasteiger partial charge on any atom is -0.342 e. The first kappa shape index (κ1) is 16.5. The molecule has 0 amide bonds. The fourth-order valence-electron chi connectivity index (χ4n) is 3.50. The summed E-state index contributed by atoms with van der Waals surface area (Å²) in [6.07, 6.45) is 0. The van der Waals surface area contributed by atoms with Crippen molar-refractivity contribution in [1.29, 1.82) is 5.26 Å². The second-order valence-electron chi connectivity index (χ2n) is 6.14. The van der Waals surface area contributed by atoms with Crippen LogP contribution in [-0.2, 0) is 7.05 Å². The molecule has 4 aromatic rings. The molecule has 2 aromatic heterocycles. The zero-order valence-electron chi connectivity index (χ0n) is 14.7. The highest BCUT2D eigenvalue weighted by molar-refractivity contribution is 6.06. The van der Waals surface area contributed by atoms with E-state index in [1.165, 1.54) is 12.1 Å². The Hall–Kier alpha value is -3.92. The van der Waals surface area contributed by atoms with Gasteiger partial charge in [-0.05, 0) is 24.3 Å². The molecular formula is C20H15N5O2. The predicted molar refractivity (Wildman–Crippen MR) is 103 cm³/mol. The van der Waals surface area contributed by atoms with Gasteiger partial charge in [0.15, 0.2) is 5.49 Å². The average molecular weight is 357 g/mol. The van der Waals surface area contributed by atoms with Gasteiger partial charge in [0.2, 0.25) is 0 Å². The Morgan fingerprint density at radius 1 is 1.11 bits per heavy atom. The Balaban J connectivity index is 2.22. The van der Waals surface area contributed by atoms with Gasteiger partial charge < -0.3 is 4.57 Å². The molecule has 0 saturated carbocycles. The largest absolute Gasteiger partial charge is 0.342 e. The van der Waals surface area contributed by atoms with Crippen molar-refractivity contribution >= 4 is 27.6 Å². The van der Waals surface area contributed by atoms with Crippen LogP contribution >= 0.6 is 0 Å². The molecule has 0 unspecified atom stereocenters. The number of benzene rings is 2. The molecule has 2 heterocycles. The Morgan fingerprint density at radius 3 is 2.44 bits per heavy atom. The smallest absolute Gasteiger partial charge is 0.269 e. The number of hydrogen-bond donors (Lipinski definition) is 0. The van der Waals surface area contributed by atoms with Crippen LogP contribution in [0.5, 0.6) is 0 Å². The topological polar surface area (TPSA) is 89.2 Å². The standard InChI is InChI=1S/C20H15N5O2/c1-22-20-13(12-21)11-18-19(16-5-3-4-6-17(16)23(18)2)24(20)14-7-9-15(10-8-14)25(26)27/h3-11H,1-2H3. The molecule has 2 aromatic carbocycles. The lowest BCUT2D eigenvalue weighted by molar-refractivity contribution is -0.384. The van der Waals surface area contributed by atoms with Crippen LogP contribution in [0.1, 0.15) is 5.56 Å². The Labute approximate surface area is 154 Å². The van der Waals surface area contributed by atoms with Crippen molar-refractivity contribution in [3.8, 4) is 11.8 Å². The molecule has 0 aliphatic rings. The number of aryl methyl sites for hydroxylation is 1. The molecule has 27 heavy (non-hydrogen) atoms. The van der Waals surface area contributed by atoms with Gasteiger partial charge in [-0.15, -0.1) is 0 Å². The molecule has 0 N–H and O–H groups in total. The van der Waals surface area contributed by atoms with Crippen LogP contribution in [0.25, 0.3) is 27.6 Å². The molecule has 0 spiro atoms. The minimum atomic E-state index is -0.432. The SMILES string of the molecule is CN=c1c(C#N)cc2c(c3ccccc3n2C)n1-c1ccc([N+](=O)[O-])cc1. The van der Waals surface area contributed by atoms with E-state index in [0.717, 1.165) is 21.9 Å². The van der Waals surface area contributed by atoms with Gasteiger partial charge in [0.1, 0.15) is 6.07 Å². The molecule has 132 valence electrons. The van der Waals surface area contributed by atoms with Gasteiger partial charge in [0.25, 0.3) is 5.69 Å². The van der Waals surface area contributed by atoms with E-state index >= 15 is 0 Å². The van der Waals surface area contributed by atoms with Crippen molar-refractivity contribution in [2.45, 2.75) is 0 Å². The molecule has 7 nitrogen and oxygen atoms in total. The van der Waals surface area contributed by atoms with Gasteiger partial charge in [-0.1, -0.05) is 18.2 Å². The Morgan fingerprint density at radius 2 is 1.81 bits per heavy atom. The molecule has 0 atom stereocenters. The van der Waals surface area contributed by atoms with Crippen molar-refractivity contribution in [2.24, 2.45) is 12.0 Å². The van der Waals surface area contributed by atoms with Crippen LogP contribution < -0.4 is 5.49 Å². The normalized spacial score (nSPS) is 11.8. The monoisotopic (exact) mass is 357 g/mol. The maximum atomic E-state index is 11.0. The van der Waals surface area contributed by atoms with Gasteiger partial charge in [-0.3, -0.25) is 19.7 Å².